The monoisotopic (exact) mass is 471 g/mol. The number of fused-ring (bicyclic) bond motifs is 5. The zero-order valence-corrected chi connectivity index (χ0v) is 21.4. The highest BCUT2D eigenvalue weighted by atomic mass is 16.6. The number of benzene rings is 2. The summed E-state index contributed by atoms with van der Waals surface area (Å²) < 4.78 is 6.05. The number of piperidine rings is 1. The van der Waals surface area contributed by atoms with Crippen molar-refractivity contribution >= 4 is 6.09 Å². The molecule has 2 heterocycles. The first kappa shape index (κ1) is 24.2. The average molecular weight is 472 g/mol. The van der Waals surface area contributed by atoms with Gasteiger partial charge in [-0.25, -0.2) is 4.79 Å². The quantitative estimate of drug-likeness (QED) is 0.256. The summed E-state index contributed by atoms with van der Waals surface area (Å²) in [7, 11) is 0. The zero-order valence-electron chi connectivity index (χ0n) is 21.4. The summed E-state index contributed by atoms with van der Waals surface area (Å²) >= 11 is 0. The van der Waals surface area contributed by atoms with E-state index in [2.05, 4.69) is 66.4 Å². The van der Waals surface area contributed by atoms with Crippen molar-refractivity contribution in [2.45, 2.75) is 102 Å². The van der Waals surface area contributed by atoms with Crippen LogP contribution in [0.15, 0.2) is 60.2 Å². The summed E-state index contributed by atoms with van der Waals surface area (Å²) in [5.74, 6) is 0.124. The Labute approximate surface area is 211 Å². The number of amides is 1. The number of rotatable bonds is 10. The van der Waals surface area contributed by atoms with Gasteiger partial charge in [-0.2, -0.15) is 0 Å². The van der Waals surface area contributed by atoms with Crippen LogP contribution in [0.4, 0.5) is 4.79 Å². The minimum atomic E-state index is -0.118. The van der Waals surface area contributed by atoms with Gasteiger partial charge in [0.05, 0.1) is 6.04 Å². The second-order valence-electron chi connectivity index (χ2n) is 10.8. The fourth-order valence-corrected chi connectivity index (χ4v) is 6.57. The Hall–Kier alpha value is -2.55. The van der Waals surface area contributed by atoms with Crippen LogP contribution in [-0.2, 0) is 4.74 Å². The number of ether oxygens (including phenoxy) is 1. The summed E-state index contributed by atoms with van der Waals surface area (Å²) in [6, 6.07) is 17.6. The fourth-order valence-electron chi connectivity index (χ4n) is 6.57. The van der Waals surface area contributed by atoms with Crippen molar-refractivity contribution in [3.63, 3.8) is 0 Å². The average Bonchev–Trinajstić information content (AvgIpc) is 3.20. The van der Waals surface area contributed by atoms with Gasteiger partial charge >= 0.3 is 6.09 Å². The molecular weight excluding hydrogens is 430 g/mol. The van der Waals surface area contributed by atoms with E-state index in [1.807, 2.05) is 0 Å². The van der Waals surface area contributed by atoms with Gasteiger partial charge in [-0.05, 0) is 60.8 Å². The molecule has 186 valence electrons. The van der Waals surface area contributed by atoms with Crippen molar-refractivity contribution in [3.05, 3.63) is 71.3 Å². The standard InChI is InChI=1S/C32H41NO2/c1-2-3-4-5-6-7-8-14-24-21-25-15-13-16-26(22-24)33(25)32(34)35-23-31-29-19-11-9-17-27(29)28-18-10-12-20-30(28)31/h9-12,17-21,25-26,31H,2-8,13-16,22-23H2,1H3. The van der Waals surface area contributed by atoms with Crippen LogP contribution in [0, 0.1) is 0 Å². The molecule has 0 radical (unpaired) electrons. The van der Waals surface area contributed by atoms with Gasteiger partial charge in [-0.3, -0.25) is 4.90 Å². The third-order valence-corrected chi connectivity index (χ3v) is 8.36. The van der Waals surface area contributed by atoms with E-state index in [0.717, 1.165) is 19.3 Å². The Morgan fingerprint density at radius 1 is 0.886 bits per heavy atom. The summed E-state index contributed by atoms with van der Waals surface area (Å²) in [6.45, 7) is 2.69. The molecule has 2 unspecified atom stereocenters. The maximum Gasteiger partial charge on any atom is 0.410 e. The Kier molecular flexibility index (Phi) is 7.91. The van der Waals surface area contributed by atoms with E-state index in [1.165, 1.54) is 80.0 Å². The van der Waals surface area contributed by atoms with E-state index in [9.17, 15) is 4.79 Å². The molecule has 3 aliphatic rings. The Morgan fingerprint density at radius 2 is 1.54 bits per heavy atom. The third kappa shape index (κ3) is 5.34. The van der Waals surface area contributed by atoms with Crippen LogP contribution < -0.4 is 0 Å². The lowest BCUT2D eigenvalue weighted by Gasteiger charge is -2.44. The molecule has 0 N–H and O–H groups in total. The van der Waals surface area contributed by atoms with E-state index in [-0.39, 0.29) is 18.1 Å². The molecule has 5 rings (SSSR count). The summed E-state index contributed by atoms with van der Waals surface area (Å²) in [5.41, 5.74) is 6.68. The Balaban J connectivity index is 1.18. The number of unbranched alkanes of at least 4 members (excludes halogenated alkanes) is 6. The molecule has 2 aliphatic heterocycles. The molecular formula is C32H41NO2. The second kappa shape index (κ2) is 11.5. The minimum absolute atomic E-state index is 0.118. The highest BCUT2D eigenvalue weighted by Gasteiger charge is 2.38. The zero-order chi connectivity index (χ0) is 24.0. The van der Waals surface area contributed by atoms with E-state index < -0.39 is 0 Å². The molecule has 2 bridgehead atoms. The molecule has 1 fully saturated rings. The number of hydrogen-bond donors (Lipinski definition) is 0. The van der Waals surface area contributed by atoms with Crippen LogP contribution in [0.1, 0.15) is 101 Å². The van der Waals surface area contributed by atoms with E-state index in [1.54, 1.807) is 5.57 Å². The highest BCUT2D eigenvalue weighted by molar-refractivity contribution is 5.79. The van der Waals surface area contributed by atoms with Crippen molar-refractivity contribution in [1.82, 2.24) is 4.90 Å². The Morgan fingerprint density at radius 3 is 2.23 bits per heavy atom. The van der Waals surface area contributed by atoms with Gasteiger partial charge in [0, 0.05) is 12.0 Å². The van der Waals surface area contributed by atoms with Crippen LogP contribution in [0.25, 0.3) is 11.1 Å². The largest absolute Gasteiger partial charge is 0.448 e. The molecule has 35 heavy (non-hydrogen) atoms. The molecule has 0 aromatic heterocycles. The molecule has 1 aliphatic carbocycles. The Bertz CT molecular complexity index is 996. The maximum atomic E-state index is 13.4. The molecule has 3 heteroatoms. The maximum absolute atomic E-state index is 13.4. The van der Waals surface area contributed by atoms with Gasteiger partial charge in [-0.1, -0.05) is 106 Å². The van der Waals surface area contributed by atoms with E-state index >= 15 is 0 Å². The molecule has 3 nitrogen and oxygen atoms in total. The van der Waals surface area contributed by atoms with Crippen molar-refractivity contribution in [3.8, 4) is 11.1 Å². The summed E-state index contributed by atoms with van der Waals surface area (Å²) in [4.78, 5) is 15.4. The van der Waals surface area contributed by atoms with E-state index in [0.29, 0.717) is 12.6 Å². The minimum Gasteiger partial charge on any atom is -0.448 e. The third-order valence-electron chi connectivity index (χ3n) is 8.36. The van der Waals surface area contributed by atoms with Gasteiger partial charge in [-0.15, -0.1) is 0 Å². The van der Waals surface area contributed by atoms with Crippen molar-refractivity contribution in [2.24, 2.45) is 0 Å². The van der Waals surface area contributed by atoms with Gasteiger partial charge in [0.1, 0.15) is 6.61 Å². The normalized spacial score (nSPS) is 20.8. The lowest BCUT2D eigenvalue weighted by atomic mass is 9.84. The first-order valence-corrected chi connectivity index (χ1v) is 14.1. The van der Waals surface area contributed by atoms with Crippen LogP contribution in [0.3, 0.4) is 0 Å². The van der Waals surface area contributed by atoms with Crippen molar-refractivity contribution in [2.75, 3.05) is 6.61 Å². The first-order valence-electron chi connectivity index (χ1n) is 14.1. The molecule has 0 saturated carbocycles. The van der Waals surface area contributed by atoms with Crippen LogP contribution >= 0.6 is 0 Å². The van der Waals surface area contributed by atoms with Gasteiger partial charge in [0.25, 0.3) is 0 Å². The topological polar surface area (TPSA) is 29.5 Å². The smallest absolute Gasteiger partial charge is 0.410 e. The molecule has 1 amide bonds. The van der Waals surface area contributed by atoms with Gasteiger partial charge in [0.15, 0.2) is 0 Å². The highest BCUT2D eigenvalue weighted by Crippen LogP contribution is 2.45. The first-order chi connectivity index (χ1) is 17.3. The lowest BCUT2D eigenvalue weighted by Crippen LogP contribution is -2.52. The van der Waals surface area contributed by atoms with Crippen LogP contribution in [-0.4, -0.2) is 29.7 Å². The van der Waals surface area contributed by atoms with Crippen molar-refractivity contribution < 1.29 is 9.53 Å². The fraction of sp³-hybridized carbons (Fsp3) is 0.531. The summed E-state index contributed by atoms with van der Waals surface area (Å²) in [5, 5.41) is 0. The predicted octanol–water partition coefficient (Wildman–Crippen LogP) is 8.63. The number of carbonyl (C=O) groups excluding carboxylic acids is 1. The SMILES string of the molecule is CCCCCCCCCC1=CC2CCCC(C1)N2C(=O)OCC1c2ccccc2-c2ccccc21. The van der Waals surface area contributed by atoms with Crippen molar-refractivity contribution in [1.29, 1.82) is 0 Å². The predicted molar refractivity (Wildman–Crippen MR) is 144 cm³/mol. The molecule has 0 spiro atoms. The number of nitrogens with zero attached hydrogens (tertiary/aromatic N) is 1. The van der Waals surface area contributed by atoms with E-state index in [4.69, 9.17) is 4.74 Å². The second-order valence-corrected chi connectivity index (χ2v) is 10.8. The van der Waals surface area contributed by atoms with Gasteiger partial charge in [0.2, 0.25) is 0 Å². The molecule has 1 saturated heterocycles. The number of carbonyl (C=O) groups is 1. The molecule has 2 aromatic rings. The molecule has 2 atom stereocenters. The lowest BCUT2D eigenvalue weighted by molar-refractivity contribution is 0.0507. The van der Waals surface area contributed by atoms with Crippen LogP contribution in [0.2, 0.25) is 0 Å². The van der Waals surface area contributed by atoms with Gasteiger partial charge < -0.3 is 4.74 Å². The molecule has 2 aromatic carbocycles. The summed E-state index contributed by atoms with van der Waals surface area (Å²) in [6.07, 6.45) is 17.4. The van der Waals surface area contributed by atoms with Crippen LogP contribution in [0.5, 0.6) is 0 Å². The number of hydrogen-bond acceptors (Lipinski definition) is 2.